The summed E-state index contributed by atoms with van der Waals surface area (Å²) < 4.78 is 15.4. The van der Waals surface area contributed by atoms with E-state index in [-0.39, 0.29) is 34.3 Å². The zero-order valence-corrected chi connectivity index (χ0v) is 47.4. The van der Waals surface area contributed by atoms with Crippen molar-refractivity contribution in [2.45, 2.75) is 145 Å². The number of hydrogen-bond donors (Lipinski definition) is 6. The van der Waals surface area contributed by atoms with Gasteiger partial charge in [0.15, 0.2) is 0 Å². The third kappa shape index (κ3) is 19.3. The van der Waals surface area contributed by atoms with Crippen LogP contribution in [-0.2, 0) is 43.6 Å². The Morgan fingerprint density at radius 1 is 0.556 bits per heavy atom. The maximum atomic E-state index is 9.67. The predicted octanol–water partition coefficient (Wildman–Crippen LogP) is 7.46. The first kappa shape index (κ1) is 65.9. The van der Waals surface area contributed by atoms with Gasteiger partial charge in [-0.2, -0.15) is 0 Å². The fourth-order valence-corrected chi connectivity index (χ4v) is 9.01. The van der Waals surface area contributed by atoms with Crippen LogP contribution in [0, 0.1) is 0 Å². The summed E-state index contributed by atoms with van der Waals surface area (Å²) >= 11 is 1.73. The van der Waals surface area contributed by atoms with Gasteiger partial charge in [0.25, 0.3) is 0 Å². The Balaban J connectivity index is 0.000000431. The minimum absolute atomic E-state index is 0.0280. The molecule has 5 aliphatic heterocycles. The largest absolute Gasteiger partial charge is 0.497 e. The van der Waals surface area contributed by atoms with Crippen LogP contribution in [-0.4, -0.2) is 99.1 Å². The fraction of sp³-hybridized carbons (Fsp3) is 0.464. The molecule has 10 nitrogen and oxygen atoms in total. The van der Waals surface area contributed by atoms with Crippen LogP contribution in [0.3, 0.4) is 0 Å². The third-order valence-corrected chi connectivity index (χ3v) is 12.8. The van der Waals surface area contributed by atoms with Gasteiger partial charge in [0.2, 0.25) is 0 Å². The van der Waals surface area contributed by atoms with Gasteiger partial charge in [-0.1, -0.05) is 134 Å². The molecule has 0 spiro atoms. The van der Waals surface area contributed by atoms with Crippen molar-refractivity contribution in [2.75, 3.05) is 39.0 Å². The first-order valence-electron chi connectivity index (χ1n) is 26.6. The van der Waals surface area contributed by atoms with Crippen molar-refractivity contribution in [3.63, 3.8) is 0 Å². The molecular formula is C56H88B5NO9S. The monoisotopic (exact) mass is 1010 g/mol. The maximum Gasteiger partial charge on any atom is 0.491 e. The highest BCUT2D eigenvalue weighted by Gasteiger charge is 2.29. The molecule has 16 heteroatoms. The van der Waals surface area contributed by atoms with Crippen molar-refractivity contribution < 1.29 is 44.4 Å². The molecule has 5 aromatic carbocycles. The van der Waals surface area contributed by atoms with E-state index in [4.69, 9.17) is 19.2 Å². The Kier molecular flexibility index (Phi) is 33.6. The summed E-state index contributed by atoms with van der Waals surface area (Å²) in [5.74, 6) is 1.66. The number of aliphatic hydroxyl groups excluding tert-OH is 1. The molecule has 5 aliphatic rings. The van der Waals surface area contributed by atoms with E-state index in [1.165, 1.54) is 32.8 Å². The molecule has 0 aliphatic carbocycles. The number of nitrogens with zero attached hydrogens (tertiary/aromatic N) is 1. The maximum absolute atomic E-state index is 9.67. The first-order valence-corrected chi connectivity index (χ1v) is 27.8. The molecule has 0 unspecified atom stereocenters. The number of methoxy groups -OCH3 is 1. The lowest BCUT2D eigenvalue weighted by Gasteiger charge is -2.14. The van der Waals surface area contributed by atoms with Crippen LogP contribution in [0.1, 0.15) is 110 Å². The van der Waals surface area contributed by atoms with Gasteiger partial charge >= 0.3 is 34.8 Å². The molecule has 392 valence electrons. The number of aliphatic hydroxyl groups is 1. The summed E-state index contributed by atoms with van der Waals surface area (Å²) in [6.45, 7) is 22.1. The van der Waals surface area contributed by atoms with E-state index >= 15 is 0 Å². The highest BCUT2D eigenvalue weighted by Crippen LogP contribution is 2.22. The molecule has 72 heavy (non-hydrogen) atoms. The molecule has 10 rings (SSSR count). The van der Waals surface area contributed by atoms with Gasteiger partial charge in [-0.05, 0) is 151 Å². The molecule has 0 saturated heterocycles. The van der Waals surface area contributed by atoms with Crippen molar-refractivity contribution in [2.24, 2.45) is 0 Å². The third-order valence-electron chi connectivity index (χ3n) is 12.1. The first-order chi connectivity index (χ1) is 34.9. The van der Waals surface area contributed by atoms with Gasteiger partial charge in [-0.15, -0.1) is 11.8 Å². The minimum atomic E-state index is -0.782. The van der Waals surface area contributed by atoms with Crippen LogP contribution < -0.4 is 41.7 Å². The summed E-state index contributed by atoms with van der Waals surface area (Å²) in [6, 6.07) is 30.0. The second-order valence-corrected chi connectivity index (χ2v) is 17.1. The summed E-state index contributed by atoms with van der Waals surface area (Å²) in [4.78, 5) is 3.31. The molecule has 0 aromatic heterocycles. The number of benzene rings is 5. The van der Waals surface area contributed by atoms with Crippen molar-refractivity contribution in [1.82, 2.24) is 0 Å². The second kappa shape index (κ2) is 36.8. The number of fused-ring (bicyclic) bond motifs is 5. The van der Waals surface area contributed by atoms with Gasteiger partial charge in [0, 0.05) is 24.7 Å². The lowest BCUT2D eigenvalue weighted by molar-refractivity contribution is 0.275. The molecular weight excluding hydrogens is 917 g/mol. The number of rotatable bonds is 6. The van der Waals surface area contributed by atoms with Crippen LogP contribution in [0.2, 0.25) is 25.3 Å². The molecule has 0 atom stereocenters. The molecule has 5 aromatic rings. The minimum Gasteiger partial charge on any atom is -0.497 e. The standard InChI is InChI=1S/C10H14BNO.C10H13BO2.C9H11BO2.C9H11BOS.C8H9BO3.5C2H6/c1-12(2)9-4-3-8-5-6-11(13)10(8)7-9;1-2-13-9-3-4-10-8(7-9)5-6-11(10)12;11-6-8-3-1-2-7-4-5-10(12)9(7)8;1-12-8-3-2-7-4-5-10(11)9(7)6-8;1-11-7-3-2-6-5-12-9(10)8(6)4-7;5*1-2/h3-4,7,13H,5-6H2,1-2H3;3-4,7,12H,2,5-6H2,1H3;1-3,11-12H,4-6H2;2-3,6,11H,4-5H2,1H3;2-4,10H,5H2,1H3;5*1-2H3. The van der Waals surface area contributed by atoms with Crippen LogP contribution >= 0.6 is 11.8 Å². The SMILES string of the molecule is CC.CC.CC.CC.CC.CCOc1ccc2c(c1)CCB2O.CN(C)c1ccc2c(c1)B(O)CC2.COc1ccc2c(c1)B(O)OC2.CSc1ccc2c(c1)B(O)CC2.OCc1cccc2c1B(O)CC2. The zero-order chi connectivity index (χ0) is 54.3. The van der Waals surface area contributed by atoms with Gasteiger partial charge in [-0.3, -0.25) is 0 Å². The smallest absolute Gasteiger partial charge is 0.491 e. The van der Waals surface area contributed by atoms with E-state index in [1.54, 1.807) is 24.9 Å². The summed E-state index contributed by atoms with van der Waals surface area (Å²) in [6.07, 6.45) is 9.44. The molecule has 0 amide bonds. The van der Waals surface area contributed by atoms with E-state index in [0.717, 1.165) is 101 Å². The number of hydrogen-bond acceptors (Lipinski definition) is 11. The van der Waals surface area contributed by atoms with Crippen LogP contribution in [0.25, 0.3) is 0 Å². The van der Waals surface area contributed by atoms with Gasteiger partial charge in [-0.25, -0.2) is 0 Å². The number of ether oxygens (including phenoxy) is 2. The normalized spacial score (nSPS) is 13.1. The Labute approximate surface area is 441 Å². The fourth-order valence-electron chi connectivity index (χ4n) is 8.57. The van der Waals surface area contributed by atoms with E-state index < -0.39 is 7.12 Å². The number of thioether (sulfide) groups is 1. The molecule has 6 N–H and O–H groups in total. The number of anilines is 1. The van der Waals surface area contributed by atoms with E-state index in [2.05, 4.69) is 47.6 Å². The van der Waals surface area contributed by atoms with E-state index in [9.17, 15) is 25.1 Å². The van der Waals surface area contributed by atoms with Gasteiger partial charge in [0.05, 0.1) is 26.9 Å². The summed E-state index contributed by atoms with van der Waals surface area (Å²) in [7, 11) is 4.85. The average molecular weight is 1010 g/mol. The molecule has 0 saturated carbocycles. The topological polar surface area (TPSA) is 152 Å². The highest BCUT2D eigenvalue weighted by molar-refractivity contribution is 7.98. The van der Waals surface area contributed by atoms with Gasteiger partial charge in [0.1, 0.15) is 11.5 Å². The van der Waals surface area contributed by atoms with Gasteiger partial charge < -0.3 is 49.3 Å². The van der Waals surface area contributed by atoms with E-state index in [0.29, 0.717) is 13.2 Å². The predicted molar refractivity (Wildman–Crippen MR) is 316 cm³/mol. The van der Waals surface area contributed by atoms with Crippen molar-refractivity contribution in [3.8, 4) is 11.5 Å². The lowest BCUT2D eigenvalue weighted by Crippen LogP contribution is -2.29. The van der Waals surface area contributed by atoms with E-state index in [1.807, 2.05) is 139 Å². The Morgan fingerprint density at radius 2 is 1.08 bits per heavy atom. The van der Waals surface area contributed by atoms with Crippen molar-refractivity contribution >= 4 is 79.5 Å². The Hall–Kier alpha value is -4.11. The summed E-state index contributed by atoms with van der Waals surface area (Å²) in [5, 5.41) is 56.7. The van der Waals surface area contributed by atoms with Crippen molar-refractivity contribution in [3.05, 3.63) is 124 Å². The second-order valence-electron chi connectivity index (χ2n) is 16.2. The summed E-state index contributed by atoms with van der Waals surface area (Å²) in [5.41, 5.74) is 13.2. The lowest BCUT2D eigenvalue weighted by atomic mass is 9.61. The van der Waals surface area contributed by atoms with Crippen LogP contribution in [0.15, 0.2) is 95.9 Å². The van der Waals surface area contributed by atoms with Crippen molar-refractivity contribution in [1.29, 1.82) is 0 Å². The molecule has 5 heterocycles. The average Bonchev–Trinajstić information content (AvgIpc) is 4.29. The quantitative estimate of drug-likeness (QED) is 0.0744. The Bertz CT molecular complexity index is 2210. The molecule has 0 radical (unpaired) electrons. The zero-order valence-electron chi connectivity index (χ0n) is 46.6. The highest BCUT2D eigenvalue weighted by atomic mass is 32.2. The Morgan fingerprint density at radius 3 is 1.65 bits per heavy atom. The molecule has 0 fully saturated rings. The van der Waals surface area contributed by atoms with Crippen LogP contribution in [0.5, 0.6) is 11.5 Å². The number of aryl methyl sites for hydroxylation is 4. The van der Waals surface area contributed by atoms with Crippen LogP contribution in [0.4, 0.5) is 5.69 Å². The molecule has 0 bridgehead atoms.